The quantitative estimate of drug-likeness (QED) is 0.675. The summed E-state index contributed by atoms with van der Waals surface area (Å²) in [5.41, 5.74) is 0.899. The molecule has 3 aromatic rings. The van der Waals surface area contributed by atoms with Crippen LogP contribution in [0.1, 0.15) is 10.4 Å². The zero-order valence-corrected chi connectivity index (χ0v) is 15.1. The van der Waals surface area contributed by atoms with E-state index in [1.54, 1.807) is 42.7 Å². The first-order valence-electron chi connectivity index (χ1n) is 7.88. The molecule has 138 valence electrons. The summed E-state index contributed by atoms with van der Waals surface area (Å²) in [6.45, 7) is 0. The van der Waals surface area contributed by atoms with Crippen LogP contribution in [-0.2, 0) is 10.0 Å². The fraction of sp³-hybridized carbons (Fsp3) is 0.0556. The number of rotatable bonds is 6. The van der Waals surface area contributed by atoms with Gasteiger partial charge in [-0.3, -0.25) is 4.79 Å². The Kier molecular flexibility index (Phi) is 5.43. The van der Waals surface area contributed by atoms with Gasteiger partial charge in [-0.25, -0.2) is 23.1 Å². The van der Waals surface area contributed by atoms with Gasteiger partial charge >= 0.3 is 6.01 Å². The van der Waals surface area contributed by atoms with Crippen molar-refractivity contribution in [1.82, 2.24) is 14.7 Å². The smallest absolute Gasteiger partial charge is 0.321 e. The summed E-state index contributed by atoms with van der Waals surface area (Å²) in [5.74, 6) is 0.171. The highest BCUT2D eigenvalue weighted by Gasteiger charge is 2.13. The maximum atomic E-state index is 12.3. The molecule has 0 radical (unpaired) electrons. The molecule has 0 spiro atoms. The predicted molar refractivity (Wildman–Crippen MR) is 99.2 cm³/mol. The molecule has 2 aromatic carbocycles. The minimum Gasteiger partial charge on any atom is -0.424 e. The summed E-state index contributed by atoms with van der Waals surface area (Å²) in [4.78, 5) is 20.3. The maximum absolute atomic E-state index is 12.3. The van der Waals surface area contributed by atoms with E-state index in [9.17, 15) is 13.2 Å². The molecular formula is C18H16N4O4S. The van der Waals surface area contributed by atoms with Crippen LogP contribution in [0.2, 0.25) is 0 Å². The van der Waals surface area contributed by atoms with Crippen molar-refractivity contribution in [2.75, 3.05) is 12.4 Å². The molecule has 0 saturated heterocycles. The first-order chi connectivity index (χ1) is 13.0. The van der Waals surface area contributed by atoms with Crippen LogP contribution >= 0.6 is 0 Å². The van der Waals surface area contributed by atoms with E-state index in [0.717, 1.165) is 0 Å². The van der Waals surface area contributed by atoms with E-state index in [2.05, 4.69) is 20.0 Å². The molecule has 0 aliphatic rings. The van der Waals surface area contributed by atoms with Gasteiger partial charge in [0.25, 0.3) is 5.91 Å². The van der Waals surface area contributed by atoms with Crippen molar-refractivity contribution in [2.24, 2.45) is 0 Å². The fourth-order valence-electron chi connectivity index (χ4n) is 2.16. The van der Waals surface area contributed by atoms with Crippen LogP contribution in [0.5, 0.6) is 11.8 Å². The largest absolute Gasteiger partial charge is 0.424 e. The van der Waals surface area contributed by atoms with Crippen molar-refractivity contribution in [2.45, 2.75) is 4.90 Å². The third kappa shape index (κ3) is 4.66. The van der Waals surface area contributed by atoms with E-state index in [0.29, 0.717) is 17.0 Å². The minimum absolute atomic E-state index is 0.0891. The molecule has 1 amide bonds. The van der Waals surface area contributed by atoms with Gasteiger partial charge < -0.3 is 10.1 Å². The van der Waals surface area contributed by atoms with Gasteiger partial charge in [0.1, 0.15) is 5.75 Å². The van der Waals surface area contributed by atoms with E-state index < -0.39 is 10.0 Å². The lowest BCUT2D eigenvalue weighted by Gasteiger charge is -2.08. The Labute approximate surface area is 156 Å². The summed E-state index contributed by atoms with van der Waals surface area (Å²) in [6.07, 6.45) is 3.15. The van der Waals surface area contributed by atoms with Gasteiger partial charge in [-0.05, 0) is 61.6 Å². The summed E-state index contributed by atoms with van der Waals surface area (Å²) in [6, 6.07) is 14.3. The van der Waals surface area contributed by atoms with Gasteiger partial charge in [-0.15, -0.1) is 0 Å². The number of hydrogen-bond acceptors (Lipinski definition) is 6. The Hall–Kier alpha value is -3.30. The average molecular weight is 384 g/mol. The number of amides is 1. The van der Waals surface area contributed by atoms with Crippen molar-refractivity contribution >= 4 is 21.6 Å². The SMILES string of the molecule is CNS(=O)(=O)c1ccc(C(=O)Nc2ccc(Oc3ncccn3)cc2)cc1. The first kappa shape index (κ1) is 18.5. The molecule has 2 N–H and O–H groups in total. The van der Waals surface area contributed by atoms with Crippen LogP contribution in [0.15, 0.2) is 71.9 Å². The first-order valence-corrected chi connectivity index (χ1v) is 9.36. The van der Waals surface area contributed by atoms with Crippen molar-refractivity contribution in [3.8, 4) is 11.8 Å². The molecule has 8 nitrogen and oxygen atoms in total. The number of benzene rings is 2. The molecule has 0 aliphatic heterocycles. The Morgan fingerprint density at radius 1 is 0.963 bits per heavy atom. The molecule has 27 heavy (non-hydrogen) atoms. The van der Waals surface area contributed by atoms with E-state index >= 15 is 0 Å². The van der Waals surface area contributed by atoms with Crippen molar-refractivity contribution < 1.29 is 17.9 Å². The number of sulfonamides is 1. The second-order valence-electron chi connectivity index (χ2n) is 5.34. The monoisotopic (exact) mass is 384 g/mol. The third-order valence-electron chi connectivity index (χ3n) is 3.56. The van der Waals surface area contributed by atoms with Gasteiger partial charge in [-0.2, -0.15) is 0 Å². The number of aromatic nitrogens is 2. The highest BCUT2D eigenvalue weighted by Crippen LogP contribution is 2.20. The summed E-state index contributed by atoms with van der Waals surface area (Å²) in [5, 5.41) is 2.73. The molecule has 0 aliphatic carbocycles. The highest BCUT2D eigenvalue weighted by atomic mass is 32.2. The Balaban J connectivity index is 1.65. The van der Waals surface area contributed by atoms with E-state index in [-0.39, 0.29) is 16.8 Å². The Morgan fingerprint density at radius 3 is 2.19 bits per heavy atom. The third-order valence-corrected chi connectivity index (χ3v) is 4.99. The van der Waals surface area contributed by atoms with Gasteiger partial charge in [0.15, 0.2) is 0 Å². The number of carbonyl (C=O) groups excluding carboxylic acids is 1. The molecule has 9 heteroatoms. The normalized spacial score (nSPS) is 11.0. The number of ether oxygens (including phenoxy) is 1. The summed E-state index contributed by atoms with van der Waals surface area (Å²) >= 11 is 0. The van der Waals surface area contributed by atoms with Crippen LogP contribution in [-0.4, -0.2) is 31.3 Å². The van der Waals surface area contributed by atoms with Gasteiger partial charge in [0.2, 0.25) is 10.0 Å². The topological polar surface area (TPSA) is 110 Å². The molecule has 0 saturated carbocycles. The number of nitrogens with zero attached hydrogens (tertiary/aromatic N) is 2. The lowest BCUT2D eigenvalue weighted by Crippen LogP contribution is -2.19. The average Bonchev–Trinajstić information content (AvgIpc) is 2.70. The minimum atomic E-state index is -3.54. The summed E-state index contributed by atoms with van der Waals surface area (Å²) < 4.78 is 31.1. The number of nitrogens with one attached hydrogen (secondary N) is 2. The van der Waals surface area contributed by atoms with E-state index in [1.165, 1.54) is 31.3 Å². The zero-order valence-electron chi connectivity index (χ0n) is 14.3. The predicted octanol–water partition coefficient (Wildman–Crippen LogP) is 2.43. The molecule has 0 unspecified atom stereocenters. The van der Waals surface area contributed by atoms with Crippen molar-refractivity contribution in [3.05, 3.63) is 72.6 Å². The zero-order chi connectivity index (χ0) is 19.3. The molecule has 0 atom stereocenters. The number of anilines is 1. The van der Waals surface area contributed by atoms with Crippen molar-refractivity contribution in [1.29, 1.82) is 0 Å². The van der Waals surface area contributed by atoms with E-state index in [4.69, 9.17) is 4.74 Å². The van der Waals surface area contributed by atoms with Crippen LogP contribution in [0.25, 0.3) is 0 Å². The number of hydrogen-bond donors (Lipinski definition) is 2. The standard InChI is InChI=1S/C18H16N4O4S/c1-19-27(24,25)16-9-3-13(4-10-16)17(23)22-14-5-7-15(8-6-14)26-18-20-11-2-12-21-18/h2-12,19H,1H3,(H,22,23). The van der Waals surface area contributed by atoms with Gasteiger partial charge in [0, 0.05) is 23.6 Å². The second-order valence-corrected chi connectivity index (χ2v) is 7.23. The molecule has 1 heterocycles. The second kappa shape index (κ2) is 7.94. The van der Waals surface area contributed by atoms with E-state index in [1.807, 2.05) is 0 Å². The molecule has 0 fully saturated rings. The maximum Gasteiger partial charge on any atom is 0.321 e. The molecule has 0 bridgehead atoms. The fourth-order valence-corrected chi connectivity index (χ4v) is 2.89. The van der Waals surface area contributed by atoms with Crippen molar-refractivity contribution in [3.63, 3.8) is 0 Å². The lowest BCUT2D eigenvalue weighted by atomic mass is 10.2. The van der Waals surface area contributed by atoms with Crippen LogP contribution in [0.3, 0.4) is 0 Å². The number of carbonyl (C=O) groups is 1. The van der Waals surface area contributed by atoms with Crippen LogP contribution in [0.4, 0.5) is 5.69 Å². The Bertz CT molecular complexity index is 1020. The molecule has 3 rings (SSSR count). The van der Waals surface area contributed by atoms with Gasteiger partial charge in [-0.1, -0.05) is 0 Å². The Morgan fingerprint density at radius 2 is 1.59 bits per heavy atom. The van der Waals surface area contributed by atoms with Crippen LogP contribution < -0.4 is 14.8 Å². The molecule has 1 aromatic heterocycles. The van der Waals surface area contributed by atoms with Gasteiger partial charge in [0.05, 0.1) is 4.90 Å². The highest BCUT2D eigenvalue weighted by molar-refractivity contribution is 7.89. The molecular weight excluding hydrogens is 368 g/mol. The lowest BCUT2D eigenvalue weighted by molar-refractivity contribution is 0.102. The van der Waals surface area contributed by atoms with Crippen LogP contribution in [0, 0.1) is 0 Å². The summed E-state index contributed by atoms with van der Waals surface area (Å²) in [7, 11) is -2.21.